The van der Waals surface area contributed by atoms with Crippen molar-refractivity contribution < 1.29 is 43.7 Å². The molecule has 6 aliphatic heterocycles. The Labute approximate surface area is 385 Å². The summed E-state index contributed by atoms with van der Waals surface area (Å²) in [7, 11) is 0. The first-order chi connectivity index (χ1) is 31.8. The highest BCUT2D eigenvalue weighted by molar-refractivity contribution is 5.60. The molecule has 0 unspecified atom stereocenters. The second-order valence-corrected chi connectivity index (χ2v) is 18.9. The third kappa shape index (κ3) is 11.5. The number of hydrogen-bond acceptors (Lipinski definition) is 15. The zero-order valence-electron chi connectivity index (χ0n) is 38.7. The van der Waals surface area contributed by atoms with E-state index in [0.717, 1.165) is 129 Å². The van der Waals surface area contributed by atoms with Gasteiger partial charge in [0, 0.05) is 157 Å². The molecular formula is C50H72N6O9. The van der Waals surface area contributed by atoms with Gasteiger partial charge in [0.05, 0.1) is 79.3 Å². The number of nitrogens with zero attached hydrogens (tertiary/aromatic N) is 6. The van der Waals surface area contributed by atoms with Gasteiger partial charge in [0.15, 0.2) is 0 Å². The predicted octanol–water partition coefficient (Wildman–Crippen LogP) is 3.15. The molecule has 6 heterocycles. The van der Waals surface area contributed by atoms with Crippen LogP contribution in [-0.2, 0) is 73.1 Å². The van der Waals surface area contributed by atoms with Gasteiger partial charge in [-0.05, 0) is 60.0 Å². The van der Waals surface area contributed by atoms with Crippen molar-refractivity contribution in [2.75, 3.05) is 158 Å². The zero-order chi connectivity index (χ0) is 44.6. The van der Waals surface area contributed by atoms with Crippen LogP contribution in [0, 0.1) is 0 Å². The number of morpholine rings is 6. The molecule has 0 bridgehead atoms. The van der Waals surface area contributed by atoms with Crippen LogP contribution in [0.4, 0.5) is 0 Å². The number of ether oxygens (including phenoxy) is 6. The molecule has 3 N–H and O–H groups in total. The van der Waals surface area contributed by atoms with E-state index in [1.807, 2.05) is 0 Å². The fourth-order valence-electron chi connectivity index (χ4n) is 10.4. The Morgan fingerprint density at radius 3 is 0.631 bits per heavy atom. The number of hydrogen-bond donors (Lipinski definition) is 3. The molecule has 0 aromatic heterocycles. The van der Waals surface area contributed by atoms with Gasteiger partial charge < -0.3 is 43.7 Å². The smallest absolute Gasteiger partial charge is 0.124 e. The van der Waals surface area contributed by atoms with Crippen LogP contribution < -0.4 is 0 Å². The molecule has 0 atom stereocenters. The summed E-state index contributed by atoms with van der Waals surface area (Å²) in [6.07, 6.45) is 0. The normalized spacial score (nSPS) is 22.1. The average Bonchev–Trinajstić information content (AvgIpc) is 3.34. The fraction of sp³-hybridized carbons (Fsp3) is 0.640. The molecule has 6 fully saturated rings. The summed E-state index contributed by atoms with van der Waals surface area (Å²) in [5.74, 6) is 1.02. The molecule has 15 heteroatoms. The third-order valence-electron chi connectivity index (χ3n) is 14.5. The van der Waals surface area contributed by atoms with Crippen molar-refractivity contribution in [3.63, 3.8) is 0 Å². The van der Waals surface area contributed by atoms with Gasteiger partial charge in [0.2, 0.25) is 0 Å². The minimum atomic E-state index is -0.812. The van der Waals surface area contributed by atoms with Gasteiger partial charge in [-0.1, -0.05) is 0 Å². The molecular weight excluding hydrogens is 829 g/mol. The minimum Gasteiger partial charge on any atom is -0.507 e. The number of phenols is 3. The molecule has 0 aliphatic carbocycles. The van der Waals surface area contributed by atoms with E-state index in [-0.39, 0.29) is 0 Å². The van der Waals surface area contributed by atoms with Crippen molar-refractivity contribution in [2.45, 2.75) is 51.6 Å². The average molecular weight is 901 g/mol. The van der Waals surface area contributed by atoms with Crippen LogP contribution in [0.5, 0.6) is 17.2 Å². The summed E-state index contributed by atoms with van der Waals surface area (Å²) >= 11 is 0. The number of phenolic OH excluding ortho intramolecular Hbond substituents is 3. The molecule has 15 nitrogen and oxygen atoms in total. The maximum atomic E-state index is 12.3. The molecule has 356 valence electrons. The first-order valence-corrected chi connectivity index (χ1v) is 24.2. The van der Waals surface area contributed by atoms with E-state index in [4.69, 9.17) is 28.4 Å². The van der Waals surface area contributed by atoms with Crippen molar-refractivity contribution in [1.29, 1.82) is 0 Å². The first-order valence-electron chi connectivity index (χ1n) is 24.2. The Morgan fingerprint density at radius 1 is 0.323 bits per heavy atom. The topological polar surface area (TPSA) is 136 Å². The molecule has 3 aromatic rings. The van der Waals surface area contributed by atoms with Crippen LogP contribution in [0.2, 0.25) is 0 Å². The van der Waals surface area contributed by atoms with E-state index in [1.165, 1.54) is 0 Å². The summed E-state index contributed by atoms with van der Waals surface area (Å²) < 4.78 is 34.6. The summed E-state index contributed by atoms with van der Waals surface area (Å²) in [5, 5.41) is 36.9. The summed E-state index contributed by atoms with van der Waals surface area (Å²) in [4.78, 5) is 14.3. The second-order valence-electron chi connectivity index (χ2n) is 18.9. The van der Waals surface area contributed by atoms with Gasteiger partial charge in [0.1, 0.15) is 17.2 Å². The van der Waals surface area contributed by atoms with Gasteiger partial charge in [0.25, 0.3) is 0 Å². The van der Waals surface area contributed by atoms with Crippen molar-refractivity contribution in [2.24, 2.45) is 0 Å². The third-order valence-corrected chi connectivity index (χ3v) is 14.5. The Kier molecular flexibility index (Phi) is 15.9. The highest BCUT2D eigenvalue weighted by atomic mass is 16.5. The maximum Gasteiger partial charge on any atom is 0.124 e. The van der Waals surface area contributed by atoms with Crippen LogP contribution in [0.15, 0.2) is 36.4 Å². The molecule has 0 spiro atoms. The second kappa shape index (κ2) is 22.1. The number of rotatable bonds is 15. The molecule has 6 saturated heterocycles. The summed E-state index contributed by atoms with van der Waals surface area (Å²) in [6.45, 7) is 23.3. The van der Waals surface area contributed by atoms with E-state index in [9.17, 15) is 15.3 Å². The van der Waals surface area contributed by atoms with Crippen molar-refractivity contribution in [3.8, 4) is 17.2 Å². The Hall–Kier alpha value is -3.42. The van der Waals surface area contributed by atoms with Crippen LogP contribution >= 0.6 is 0 Å². The Bertz CT molecular complexity index is 1670. The van der Waals surface area contributed by atoms with Crippen molar-refractivity contribution >= 4 is 0 Å². The highest BCUT2D eigenvalue weighted by Gasteiger charge is 2.37. The van der Waals surface area contributed by atoms with Crippen molar-refractivity contribution in [1.82, 2.24) is 29.4 Å². The van der Waals surface area contributed by atoms with Gasteiger partial charge in [-0.2, -0.15) is 0 Å². The van der Waals surface area contributed by atoms with E-state index in [0.29, 0.717) is 136 Å². The standard InChI is InChI=1S/C50H72N6O9/c1-50(44-26-38(32-51-2-14-60-15-3-51)47(57)39(27-44)33-52-4-16-61-17-5-52,45-28-40(34-53-6-18-62-19-7-53)48(58)41(29-45)35-54-8-20-63-21-9-54)46-30-42(36-55-10-22-64-23-11-55)49(59)43(31-46)37-56-12-24-65-25-13-56/h26-31,57-59H,2-25,32-37H2,1H3. The predicted molar refractivity (Wildman–Crippen MR) is 246 cm³/mol. The number of aromatic hydroxyl groups is 3. The van der Waals surface area contributed by atoms with Gasteiger partial charge in [-0.25, -0.2) is 0 Å². The van der Waals surface area contributed by atoms with E-state index < -0.39 is 5.41 Å². The van der Waals surface area contributed by atoms with Gasteiger partial charge >= 0.3 is 0 Å². The van der Waals surface area contributed by atoms with Crippen LogP contribution in [-0.4, -0.2) is 203 Å². The molecule has 0 amide bonds. The van der Waals surface area contributed by atoms with Gasteiger partial charge in [-0.3, -0.25) is 29.4 Å². The number of benzene rings is 3. The van der Waals surface area contributed by atoms with E-state index >= 15 is 0 Å². The molecule has 9 rings (SSSR count). The monoisotopic (exact) mass is 901 g/mol. The largest absolute Gasteiger partial charge is 0.507 e. The Morgan fingerprint density at radius 2 is 0.477 bits per heavy atom. The Balaban J connectivity index is 1.25. The quantitative estimate of drug-likeness (QED) is 0.193. The van der Waals surface area contributed by atoms with Crippen LogP contribution in [0.25, 0.3) is 0 Å². The zero-order valence-corrected chi connectivity index (χ0v) is 38.7. The molecule has 0 radical (unpaired) electrons. The molecule has 3 aromatic carbocycles. The summed E-state index contributed by atoms with van der Waals surface area (Å²) in [6, 6.07) is 13.4. The lowest BCUT2D eigenvalue weighted by molar-refractivity contribution is 0.0326. The lowest BCUT2D eigenvalue weighted by atomic mass is 9.68. The SMILES string of the molecule is CC(c1cc(CN2CCOCC2)c(O)c(CN2CCOCC2)c1)(c1cc(CN2CCOCC2)c(O)c(CN2CCOCC2)c1)c1cc(CN2CCOCC2)c(O)c(CN2CCOCC2)c1. The lowest BCUT2D eigenvalue weighted by Gasteiger charge is -2.37. The van der Waals surface area contributed by atoms with E-state index in [2.05, 4.69) is 72.7 Å². The highest BCUT2D eigenvalue weighted by Crippen LogP contribution is 2.46. The van der Waals surface area contributed by atoms with Gasteiger partial charge in [-0.15, -0.1) is 0 Å². The molecule has 6 aliphatic rings. The first kappa shape index (κ1) is 46.7. The maximum absolute atomic E-state index is 12.3. The minimum absolute atomic E-state index is 0.340. The lowest BCUT2D eigenvalue weighted by Crippen LogP contribution is -2.37. The van der Waals surface area contributed by atoms with Crippen molar-refractivity contribution in [3.05, 3.63) is 86.5 Å². The van der Waals surface area contributed by atoms with Crippen LogP contribution in [0.1, 0.15) is 57.0 Å². The fourth-order valence-corrected chi connectivity index (χ4v) is 10.4. The van der Waals surface area contributed by atoms with Crippen LogP contribution in [0.3, 0.4) is 0 Å². The van der Waals surface area contributed by atoms with E-state index in [1.54, 1.807) is 0 Å². The molecule has 0 saturated carbocycles. The molecule has 65 heavy (non-hydrogen) atoms. The summed E-state index contributed by atoms with van der Waals surface area (Å²) in [5.41, 5.74) is 7.70.